The molecule has 7 heteroatoms. The van der Waals surface area contributed by atoms with E-state index in [1.54, 1.807) is 17.0 Å². The summed E-state index contributed by atoms with van der Waals surface area (Å²) in [5.41, 5.74) is 2.51. The van der Waals surface area contributed by atoms with Gasteiger partial charge >= 0.3 is 0 Å². The molecule has 1 aromatic carbocycles. The van der Waals surface area contributed by atoms with Crippen molar-refractivity contribution < 1.29 is 4.74 Å². The van der Waals surface area contributed by atoms with Gasteiger partial charge in [-0.3, -0.25) is 0 Å². The summed E-state index contributed by atoms with van der Waals surface area (Å²) in [5.74, 6) is 0.726. The van der Waals surface area contributed by atoms with E-state index < -0.39 is 0 Å². The molecule has 4 heterocycles. The molecule has 3 aromatic heterocycles. The minimum Gasteiger partial charge on any atom is -0.370 e. The van der Waals surface area contributed by atoms with Crippen molar-refractivity contribution in [1.82, 2.24) is 29.4 Å². The standard InChI is InChI=1S/C16H14N6O/c1-2-5-11(6-3-1)22-15-12(9-18-22)16-19-14(13-7-4-8-23-13)20-21(16)10-17-15/h1-3,5-6,9-10,13H,4,7-8H2. The quantitative estimate of drug-likeness (QED) is 0.568. The number of nitrogens with zero attached hydrogens (tertiary/aromatic N) is 6. The van der Waals surface area contributed by atoms with Crippen LogP contribution in [0.1, 0.15) is 24.8 Å². The maximum atomic E-state index is 5.68. The Labute approximate surface area is 131 Å². The fourth-order valence-corrected chi connectivity index (χ4v) is 3.01. The van der Waals surface area contributed by atoms with Gasteiger partial charge in [0.15, 0.2) is 17.1 Å². The molecule has 1 saturated heterocycles. The first-order valence-electron chi connectivity index (χ1n) is 7.66. The fraction of sp³-hybridized carbons (Fsp3) is 0.250. The third-order valence-electron chi connectivity index (χ3n) is 4.14. The van der Waals surface area contributed by atoms with Gasteiger partial charge < -0.3 is 4.74 Å². The molecule has 1 fully saturated rings. The maximum absolute atomic E-state index is 5.68. The summed E-state index contributed by atoms with van der Waals surface area (Å²) in [6.07, 6.45) is 5.49. The first-order chi connectivity index (χ1) is 11.4. The molecule has 0 amide bonds. The molecule has 1 aliphatic rings. The van der Waals surface area contributed by atoms with Crippen molar-refractivity contribution in [3.8, 4) is 5.69 Å². The minimum absolute atomic E-state index is 0.00545. The van der Waals surface area contributed by atoms with Gasteiger partial charge in [0.1, 0.15) is 12.4 Å². The Bertz CT molecular complexity index is 984. The Hall–Kier alpha value is -2.80. The zero-order valence-electron chi connectivity index (χ0n) is 12.3. The number of aromatic nitrogens is 6. The summed E-state index contributed by atoms with van der Waals surface area (Å²) in [4.78, 5) is 9.17. The van der Waals surface area contributed by atoms with E-state index in [2.05, 4.69) is 20.2 Å². The Morgan fingerprint density at radius 2 is 2.04 bits per heavy atom. The Balaban J connectivity index is 1.70. The normalized spacial score (nSPS) is 18.2. The molecular formula is C16H14N6O. The Morgan fingerprint density at radius 3 is 2.87 bits per heavy atom. The van der Waals surface area contributed by atoms with Crippen LogP contribution in [0.15, 0.2) is 42.9 Å². The summed E-state index contributed by atoms with van der Waals surface area (Å²) < 4.78 is 9.20. The number of hydrogen-bond acceptors (Lipinski definition) is 5. The van der Waals surface area contributed by atoms with Gasteiger partial charge in [0.2, 0.25) is 0 Å². The van der Waals surface area contributed by atoms with Gasteiger partial charge in [-0.1, -0.05) is 18.2 Å². The van der Waals surface area contributed by atoms with E-state index in [0.717, 1.165) is 47.6 Å². The van der Waals surface area contributed by atoms with E-state index in [1.807, 2.05) is 35.0 Å². The van der Waals surface area contributed by atoms with Crippen molar-refractivity contribution in [2.24, 2.45) is 0 Å². The molecule has 0 radical (unpaired) electrons. The van der Waals surface area contributed by atoms with Crippen LogP contribution in [0.5, 0.6) is 0 Å². The van der Waals surface area contributed by atoms with E-state index in [1.165, 1.54) is 0 Å². The molecule has 0 N–H and O–H groups in total. The summed E-state index contributed by atoms with van der Waals surface area (Å²) in [6.45, 7) is 0.778. The van der Waals surface area contributed by atoms with Gasteiger partial charge in [0, 0.05) is 6.61 Å². The van der Waals surface area contributed by atoms with Crippen LogP contribution < -0.4 is 0 Å². The molecule has 0 saturated carbocycles. The molecule has 23 heavy (non-hydrogen) atoms. The van der Waals surface area contributed by atoms with Crippen molar-refractivity contribution in [3.63, 3.8) is 0 Å². The number of hydrogen-bond donors (Lipinski definition) is 0. The molecule has 114 valence electrons. The molecular weight excluding hydrogens is 292 g/mol. The molecule has 5 rings (SSSR count). The molecule has 0 aliphatic carbocycles. The van der Waals surface area contributed by atoms with Crippen molar-refractivity contribution in [1.29, 1.82) is 0 Å². The largest absolute Gasteiger partial charge is 0.370 e. The first kappa shape index (κ1) is 12.7. The molecule has 7 nitrogen and oxygen atoms in total. The smallest absolute Gasteiger partial charge is 0.180 e. The van der Waals surface area contributed by atoms with Gasteiger partial charge in [0.25, 0.3) is 0 Å². The van der Waals surface area contributed by atoms with Crippen LogP contribution in [-0.2, 0) is 4.74 Å². The van der Waals surface area contributed by atoms with Crippen LogP contribution in [-0.4, -0.2) is 36.0 Å². The second-order valence-electron chi connectivity index (χ2n) is 5.61. The highest BCUT2D eigenvalue weighted by atomic mass is 16.5. The van der Waals surface area contributed by atoms with Gasteiger partial charge in [0.05, 0.1) is 17.3 Å². The number of para-hydroxylation sites is 1. The van der Waals surface area contributed by atoms with Crippen LogP contribution in [0.25, 0.3) is 22.4 Å². The highest BCUT2D eigenvalue weighted by Crippen LogP contribution is 2.27. The highest BCUT2D eigenvalue weighted by molar-refractivity contribution is 5.89. The second kappa shape index (κ2) is 4.85. The lowest BCUT2D eigenvalue weighted by Gasteiger charge is -2.01. The molecule has 1 atom stereocenters. The van der Waals surface area contributed by atoms with Gasteiger partial charge in [-0.2, -0.15) is 5.10 Å². The van der Waals surface area contributed by atoms with Gasteiger partial charge in [-0.05, 0) is 25.0 Å². The lowest BCUT2D eigenvalue weighted by Crippen LogP contribution is -1.99. The van der Waals surface area contributed by atoms with E-state index in [4.69, 9.17) is 4.74 Å². The van der Waals surface area contributed by atoms with E-state index in [9.17, 15) is 0 Å². The molecule has 0 bridgehead atoms. The van der Waals surface area contributed by atoms with Crippen molar-refractivity contribution in [3.05, 3.63) is 48.7 Å². The topological polar surface area (TPSA) is 70.1 Å². The predicted molar refractivity (Wildman–Crippen MR) is 83.3 cm³/mol. The average Bonchev–Trinajstić information content (AvgIpc) is 3.32. The summed E-state index contributed by atoms with van der Waals surface area (Å²) in [7, 11) is 0. The van der Waals surface area contributed by atoms with Gasteiger partial charge in [-0.15, -0.1) is 5.10 Å². The number of rotatable bonds is 2. The molecule has 1 unspecified atom stereocenters. The van der Waals surface area contributed by atoms with Gasteiger partial charge in [-0.25, -0.2) is 19.2 Å². The van der Waals surface area contributed by atoms with E-state index in [0.29, 0.717) is 0 Å². The molecule has 4 aromatic rings. The number of ether oxygens (including phenoxy) is 1. The average molecular weight is 306 g/mol. The SMILES string of the molecule is c1ccc(-n2ncc3c2ncn2nc(C4CCCO4)nc32)cc1. The van der Waals surface area contributed by atoms with Crippen LogP contribution in [0, 0.1) is 0 Å². The summed E-state index contributed by atoms with van der Waals surface area (Å²) in [5, 5.41) is 9.85. The predicted octanol–water partition coefficient (Wildman–Crippen LogP) is 2.31. The number of fused-ring (bicyclic) bond motifs is 3. The monoisotopic (exact) mass is 306 g/mol. The van der Waals surface area contributed by atoms with Crippen molar-refractivity contribution in [2.75, 3.05) is 6.61 Å². The third-order valence-corrected chi connectivity index (χ3v) is 4.14. The van der Waals surface area contributed by atoms with Crippen LogP contribution in [0.4, 0.5) is 0 Å². The van der Waals surface area contributed by atoms with Crippen molar-refractivity contribution >= 4 is 16.7 Å². The zero-order chi connectivity index (χ0) is 15.2. The zero-order valence-corrected chi connectivity index (χ0v) is 12.3. The van der Waals surface area contributed by atoms with E-state index >= 15 is 0 Å². The minimum atomic E-state index is -0.00545. The lowest BCUT2D eigenvalue weighted by molar-refractivity contribution is 0.105. The van der Waals surface area contributed by atoms with Crippen LogP contribution in [0.2, 0.25) is 0 Å². The molecule has 1 aliphatic heterocycles. The lowest BCUT2D eigenvalue weighted by atomic mass is 10.2. The molecule has 0 spiro atoms. The fourth-order valence-electron chi connectivity index (χ4n) is 3.01. The summed E-state index contributed by atoms with van der Waals surface area (Å²) in [6, 6.07) is 9.94. The maximum Gasteiger partial charge on any atom is 0.180 e. The van der Waals surface area contributed by atoms with Crippen LogP contribution in [0.3, 0.4) is 0 Å². The van der Waals surface area contributed by atoms with Crippen molar-refractivity contribution in [2.45, 2.75) is 18.9 Å². The number of benzene rings is 1. The summed E-state index contributed by atoms with van der Waals surface area (Å²) >= 11 is 0. The Kier molecular flexibility index (Phi) is 2.68. The van der Waals surface area contributed by atoms with Crippen LogP contribution >= 0.6 is 0 Å². The van der Waals surface area contributed by atoms with E-state index in [-0.39, 0.29) is 6.10 Å². The Morgan fingerprint density at radius 1 is 1.13 bits per heavy atom. The first-order valence-corrected chi connectivity index (χ1v) is 7.66. The highest BCUT2D eigenvalue weighted by Gasteiger charge is 2.23. The second-order valence-corrected chi connectivity index (χ2v) is 5.61. The third kappa shape index (κ3) is 1.93.